The Bertz CT molecular complexity index is 590. The lowest BCUT2D eigenvalue weighted by molar-refractivity contribution is 0.198. The van der Waals surface area contributed by atoms with Crippen molar-refractivity contribution in [3.63, 3.8) is 0 Å². The SMILES string of the molecule is COc1ccc(C(C)O)cc1-c1cc(C(C)O)ccc1OC. The predicted molar refractivity (Wildman–Crippen MR) is 86.2 cm³/mol. The normalized spacial score (nSPS) is 13.5. The number of hydrogen-bond acceptors (Lipinski definition) is 4. The van der Waals surface area contributed by atoms with Crippen LogP contribution in [0.15, 0.2) is 36.4 Å². The molecule has 0 saturated heterocycles. The summed E-state index contributed by atoms with van der Waals surface area (Å²) in [7, 11) is 3.21. The molecule has 118 valence electrons. The maximum Gasteiger partial charge on any atom is 0.126 e. The summed E-state index contributed by atoms with van der Waals surface area (Å²) in [4.78, 5) is 0. The lowest BCUT2D eigenvalue weighted by Crippen LogP contribution is -1.98. The van der Waals surface area contributed by atoms with Crippen LogP contribution in [0.1, 0.15) is 37.2 Å². The van der Waals surface area contributed by atoms with E-state index in [1.807, 2.05) is 36.4 Å². The third-order valence-corrected chi connectivity index (χ3v) is 3.70. The molecule has 0 fully saturated rings. The van der Waals surface area contributed by atoms with Gasteiger partial charge in [-0.25, -0.2) is 0 Å². The second-order valence-corrected chi connectivity index (χ2v) is 5.27. The predicted octanol–water partition coefficient (Wildman–Crippen LogP) is 3.48. The summed E-state index contributed by atoms with van der Waals surface area (Å²) in [6.45, 7) is 3.43. The molecule has 0 spiro atoms. The summed E-state index contributed by atoms with van der Waals surface area (Å²) in [5, 5.41) is 19.6. The fraction of sp³-hybridized carbons (Fsp3) is 0.333. The smallest absolute Gasteiger partial charge is 0.126 e. The van der Waals surface area contributed by atoms with Crippen molar-refractivity contribution < 1.29 is 19.7 Å². The molecule has 2 atom stereocenters. The number of benzene rings is 2. The Morgan fingerprint density at radius 2 is 1.09 bits per heavy atom. The first-order valence-electron chi connectivity index (χ1n) is 7.20. The zero-order chi connectivity index (χ0) is 16.3. The van der Waals surface area contributed by atoms with Crippen LogP contribution in [-0.4, -0.2) is 24.4 Å². The van der Waals surface area contributed by atoms with E-state index in [0.717, 1.165) is 22.3 Å². The molecule has 2 aromatic carbocycles. The number of rotatable bonds is 5. The molecule has 4 nitrogen and oxygen atoms in total. The fourth-order valence-electron chi connectivity index (χ4n) is 2.39. The topological polar surface area (TPSA) is 58.9 Å². The highest BCUT2D eigenvalue weighted by Crippen LogP contribution is 2.39. The van der Waals surface area contributed by atoms with E-state index in [-0.39, 0.29) is 0 Å². The average molecular weight is 302 g/mol. The van der Waals surface area contributed by atoms with E-state index in [9.17, 15) is 10.2 Å². The van der Waals surface area contributed by atoms with Crippen LogP contribution in [0.5, 0.6) is 11.5 Å². The molecule has 4 heteroatoms. The Hall–Kier alpha value is -2.04. The molecular formula is C18H22O4. The summed E-state index contributed by atoms with van der Waals surface area (Å²) >= 11 is 0. The Morgan fingerprint density at radius 3 is 1.36 bits per heavy atom. The second-order valence-electron chi connectivity index (χ2n) is 5.27. The van der Waals surface area contributed by atoms with Crippen molar-refractivity contribution in [2.75, 3.05) is 14.2 Å². The first-order chi connectivity index (χ1) is 10.5. The molecule has 2 unspecified atom stereocenters. The summed E-state index contributed by atoms with van der Waals surface area (Å²) in [6.07, 6.45) is -1.15. The molecule has 2 N–H and O–H groups in total. The first kappa shape index (κ1) is 16.3. The molecule has 0 aromatic heterocycles. The molecule has 2 rings (SSSR count). The fourth-order valence-corrected chi connectivity index (χ4v) is 2.39. The van der Waals surface area contributed by atoms with Gasteiger partial charge in [0.05, 0.1) is 26.4 Å². The quantitative estimate of drug-likeness (QED) is 0.888. The number of ether oxygens (including phenoxy) is 2. The van der Waals surface area contributed by atoms with Crippen molar-refractivity contribution in [3.05, 3.63) is 47.5 Å². The minimum Gasteiger partial charge on any atom is -0.496 e. The zero-order valence-corrected chi connectivity index (χ0v) is 13.3. The molecule has 0 amide bonds. The lowest BCUT2D eigenvalue weighted by atomic mass is 9.96. The van der Waals surface area contributed by atoms with Crippen LogP contribution in [0.3, 0.4) is 0 Å². The average Bonchev–Trinajstić information content (AvgIpc) is 2.53. The van der Waals surface area contributed by atoms with Gasteiger partial charge in [-0.3, -0.25) is 0 Å². The van der Waals surface area contributed by atoms with Gasteiger partial charge in [0.2, 0.25) is 0 Å². The van der Waals surface area contributed by atoms with Gasteiger partial charge in [-0.15, -0.1) is 0 Å². The van der Waals surface area contributed by atoms with Crippen LogP contribution in [0.2, 0.25) is 0 Å². The van der Waals surface area contributed by atoms with Gasteiger partial charge in [0.25, 0.3) is 0 Å². The van der Waals surface area contributed by atoms with Gasteiger partial charge in [0.1, 0.15) is 11.5 Å². The van der Waals surface area contributed by atoms with E-state index in [1.54, 1.807) is 28.1 Å². The van der Waals surface area contributed by atoms with Crippen molar-refractivity contribution in [3.8, 4) is 22.6 Å². The summed E-state index contributed by atoms with van der Waals surface area (Å²) in [5.74, 6) is 1.37. The number of aliphatic hydroxyl groups excluding tert-OH is 2. The van der Waals surface area contributed by atoms with Crippen LogP contribution in [-0.2, 0) is 0 Å². The zero-order valence-electron chi connectivity index (χ0n) is 13.3. The Morgan fingerprint density at radius 1 is 0.727 bits per heavy atom. The molecule has 0 bridgehead atoms. The van der Waals surface area contributed by atoms with Gasteiger partial charge < -0.3 is 19.7 Å². The number of hydrogen-bond donors (Lipinski definition) is 2. The maximum absolute atomic E-state index is 9.82. The Kier molecular flexibility index (Phi) is 5.06. The maximum atomic E-state index is 9.82. The Balaban J connectivity index is 2.67. The van der Waals surface area contributed by atoms with Gasteiger partial charge in [-0.2, -0.15) is 0 Å². The highest BCUT2D eigenvalue weighted by atomic mass is 16.5. The van der Waals surface area contributed by atoms with Crippen molar-refractivity contribution >= 4 is 0 Å². The molecule has 22 heavy (non-hydrogen) atoms. The highest BCUT2D eigenvalue weighted by Gasteiger charge is 2.15. The second kappa shape index (κ2) is 6.81. The van der Waals surface area contributed by atoms with Crippen molar-refractivity contribution in [2.24, 2.45) is 0 Å². The molecule has 0 radical (unpaired) electrons. The molecule has 0 saturated carbocycles. The summed E-state index contributed by atoms with van der Waals surface area (Å²) in [6, 6.07) is 11.1. The highest BCUT2D eigenvalue weighted by molar-refractivity contribution is 5.77. The van der Waals surface area contributed by atoms with E-state index >= 15 is 0 Å². The molecule has 0 aliphatic heterocycles. The monoisotopic (exact) mass is 302 g/mol. The van der Waals surface area contributed by atoms with Crippen molar-refractivity contribution in [1.82, 2.24) is 0 Å². The first-order valence-corrected chi connectivity index (χ1v) is 7.20. The van der Waals surface area contributed by atoms with E-state index in [0.29, 0.717) is 11.5 Å². The van der Waals surface area contributed by atoms with Gasteiger partial charge in [0.15, 0.2) is 0 Å². The van der Waals surface area contributed by atoms with Crippen LogP contribution in [0.25, 0.3) is 11.1 Å². The van der Waals surface area contributed by atoms with E-state index in [4.69, 9.17) is 9.47 Å². The van der Waals surface area contributed by atoms with Crippen molar-refractivity contribution in [1.29, 1.82) is 0 Å². The van der Waals surface area contributed by atoms with E-state index in [2.05, 4.69) is 0 Å². The molecule has 2 aromatic rings. The summed E-state index contributed by atoms with van der Waals surface area (Å²) < 4.78 is 10.9. The molecular weight excluding hydrogens is 280 g/mol. The van der Waals surface area contributed by atoms with Crippen LogP contribution < -0.4 is 9.47 Å². The van der Waals surface area contributed by atoms with Crippen molar-refractivity contribution in [2.45, 2.75) is 26.1 Å². The van der Waals surface area contributed by atoms with Crippen LogP contribution >= 0.6 is 0 Å². The van der Waals surface area contributed by atoms with Crippen LogP contribution in [0.4, 0.5) is 0 Å². The largest absolute Gasteiger partial charge is 0.496 e. The van der Waals surface area contributed by atoms with E-state index < -0.39 is 12.2 Å². The number of aliphatic hydroxyl groups is 2. The third kappa shape index (κ3) is 3.24. The summed E-state index contributed by atoms with van der Waals surface area (Å²) in [5.41, 5.74) is 3.22. The minimum absolute atomic E-state index is 0.574. The number of methoxy groups -OCH3 is 2. The van der Waals surface area contributed by atoms with Gasteiger partial charge in [0, 0.05) is 11.1 Å². The molecule has 0 aliphatic carbocycles. The van der Waals surface area contributed by atoms with Gasteiger partial charge >= 0.3 is 0 Å². The third-order valence-electron chi connectivity index (χ3n) is 3.70. The standard InChI is InChI=1S/C18H22O4/c1-11(19)13-5-7-17(21-3)15(9-13)16-10-14(12(2)20)6-8-18(16)22-4/h5-12,19-20H,1-4H3. The van der Waals surface area contributed by atoms with Gasteiger partial charge in [-0.05, 0) is 49.2 Å². The van der Waals surface area contributed by atoms with Gasteiger partial charge in [-0.1, -0.05) is 12.1 Å². The molecule has 0 heterocycles. The lowest BCUT2D eigenvalue weighted by Gasteiger charge is -2.17. The molecule has 0 aliphatic rings. The van der Waals surface area contributed by atoms with Crippen LogP contribution in [0, 0.1) is 0 Å². The van der Waals surface area contributed by atoms with E-state index in [1.165, 1.54) is 0 Å². The Labute approximate surface area is 130 Å². The minimum atomic E-state index is -0.574.